The highest BCUT2D eigenvalue weighted by molar-refractivity contribution is 6.07. The number of pyridine rings is 1. The lowest BCUT2D eigenvalue weighted by molar-refractivity contribution is 0.102. The van der Waals surface area contributed by atoms with Crippen LogP contribution in [0.3, 0.4) is 0 Å². The molecule has 0 saturated carbocycles. The molecule has 0 spiro atoms. The SMILES string of the molecule is CNc1ccncc1C(=O)Nc1cc(F)cc(F)c1. The van der Waals surface area contributed by atoms with Crippen molar-refractivity contribution in [1.29, 1.82) is 0 Å². The summed E-state index contributed by atoms with van der Waals surface area (Å²) < 4.78 is 26.0. The van der Waals surface area contributed by atoms with Crippen LogP contribution in [-0.2, 0) is 0 Å². The van der Waals surface area contributed by atoms with Crippen molar-refractivity contribution in [3.8, 4) is 0 Å². The second-order valence-electron chi connectivity index (χ2n) is 3.78. The van der Waals surface area contributed by atoms with Crippen LogP contribution in [0.1, 0.15) is 10.4 Å². The van der Waals surface area contributed by atoms with Crippen LogP contribution in [0.15, 0.2) is 36.7 Å². The average Bonchev–Trinajstić information content (AvgIpc) is 2.37. The summed E-state index contributed by atoms with van der Waals surface area (Å²) in [4.78, 5) is 15.8. The zero-order valence-electron chi connectivity index (χ0n) is 10.1. The largest absolute Gasteiger partial charge is 0.387 e. The first kappa shape index (κ1) is 12.9. The summed E-state index contributed by atoms with van der Waals surface area (Å²) in [7, 11) is 1.66. The number of carbonyl (C=O) groups is 1. The van der Waals surface area contributed by atoms with E-state index >= 15 is 0 Å². The number of aromatic nitrogens is 1. The van der Waals surface area contributed by atoms with Gasteiger partial charge in [-0.2, -0.15) is 0 Å². The molecule has 0 bridgehead atoms. The quantitative estimate of drug-likeness (QED) is 0.895. The lowest BCUT2D eigenvalue weighted by atomic mass is 10.2. The molecule has 0 unspecified atom stereocenters. The van der Waals surface area contributed by atoms with Crippen LogP contribution in [-0.4, -0.2) is 17.9 Å². The van der Waals surface area contributed by atoms with E-state index in [1.54, 1.807) is 13.1 Å². The third-order valence-corrected chi connectivity index (χ3v) is 2.46. The van der Waals surface area contributed by atoms with Gasteiger partial charge < -0.3 is 10.6 Å². The van der Waals surface area contributed by atoms with E-state index < -0.39 is 17.5 Å². The molecule has 0 atom stereocenters. The van der Waals surface area contributed by atoms with Crippen molar-refractivity contribution in [2.75, 3.05) is 17.7 Å². The van der Waals surface area contributed by atoms with E-state index in [9.17, 15) is 13.6 Å². The monoisotopic (exact) mass is 263 g/mol. The fourth-order valence-corrected chi connectivity index (χ4v) is 1.62. The highest BCUT2D eigenvalue weighted by Crippen LogP contribution is 2.17. The molecule has 4 nitrogen and oxygen atoms in total. The number of anilines is 2. The molecule has 1 aromatic carbocycles. The van der Waals surface area contributed by atoms with E-state index in [0.717, 1.165) is 18.2 Å². The molecule has 2 rings (SSSR count). The van der Waals surface area contributed by atoms with Crippen LogP contribution in [0.2, 0.25) is 0 Å². The van der Waals surface area contributed by atoms with Crippen molar-refractivity contribution in [3.05, 3.63) is 53.9 Å². The fourth-order valence-electron chi connectivity index (χ4n) is 1.62. The Morgan fingerprint density at radius 3 is 2.53 bits per heavy atom. The Bertz CT molecular complexity index is 596. The maximum atomic E-state index is 13.0. The molecule has 1 heterocycles. The molecule has 0 aliphatic heterocycles. The number of rotatable bonds is 3. The maximum absolute atomic E-state index is 13.0. The van der Waals surface area contributed by atoms with Gasteiger partial charge in [-0.15, -0.1) is 0 Å². The van der Waals surface area contributed by atoms with Gasteiger partial charge in [-0.3, -0.25) is 9.78 Å². The van der Waals surface area contributed by atoms with Crippen LogP contribution in [0.4, 0.5) is 20.2 Å². The van der Waals surface area contributed by atoms with Gasteiger partial charge in [-0.25, -0.2) is 8.78 Å². The minimum Gasteiger partial charge on any atom is -0.387 e. The van der Waals surface area contributed by atoms with Crippen molar-refractivity contribution < 1.29 is 13.6 Å². The maximum Gasteiger partial charge on any atom is 0.259 e. The molecule has 1 amide bonds. The Balaban J connectivity index is 2.25. The second-order valence-corrected chi connectivity index (χ2v) is 3.78. The molecule has 1 aromatic heterocycles. The standard InChI is InChI=1S/C13H11F2N3O/c1-16-12-2-3-17-7-11(12)13(19)18-10-5-8(14)4-9(15)6-10/h2-7H,1H3,(H,16,17)(H,18,19). The summed E-state index contributed by atoms with van der Waals surface area (Å²) in [6, 6.07) is 4.44. The summed E-state index contributed by atoms with van der Waals surface area (Å²) in [5, 5.41) is 5.25. The molecule has 0 aliphatic rings. The van der Waals surface area contributed by atoms with E-state index in [4.69, 9.17) is 0 Å². The Morgan fingerprint density at radius 2 is 1.89 bits per heavy atom. The van der Waals surface area contributed by atoms with Gasteiger partial charge in [0.05, 0.1) is 5.56 Å². The minimum absolute atomic E-state index is 0.0495. The van der Waals surface area contributed by atoms with Crippen molar-refractivity contribution in [3.63, 3.8) is 0 Å². The van der Waals surface area contributed by atoms with Crippen molar-refractivity contribution in [1.82, 2.24) is 4.98 Å². The van der Waals surface area contributed by atoms with Gasteiger partial charge in [0.2, 0.25) is 0 Å². The Morgan fingerprint density at radius 1 is 1.21 bits per heavy atom. The zero-order chi connectivity index (χ0) is 13.8. The number of hydrogen-bond donors (Lipinski definition) is 2. The summed E-state index contributed by atoms with van der Waals surface area (Å²) in [6.45, 7) is 0. The smallest absolute Gasteiger partial charge is 0.259 e. The number of hydrogen-bond acceptors (Lipinski definition) is 3. The molecule has 98 valence electrons. The van der Waals surface area contributed by atoms with Crippen molar-refractivity contribution in [2.24, 2.45) is 0 Å². The molecule has 19 heavy (non-hydrogen) atoms. The summed E-state index contributed by atoms with van der Waals surface area (Å²) >= 11 is 0. The number of carbonyl (C=O) groups excluding carboxylic acids is 1. The molecule has 0 aliphatic carbocycles. The van der Waals surface area contributed by atoms with Gasteiger partial charge >= 0.3 is 0 Å². The summed E-state index contributed by atoms with van der Waals surface area (Å²) in [5.74, 6) is -2.01. The number of amides is 1. The predicted molar refractivity (Wildman–Crippen MR) is 68.1 cm³/mol. The first-order valence-corrected chi connectivity index (χ1v) is 5.49. The molecule has 6 heteroatoms. The Labute approximate surface area is 108 Å². The number of benzene rings is 1. The van der Waals surface area contributed by atoms with Gasteiger partial charge in [-0.1, -0.05) is 0 Å². The van der Waals surface area contributed by atoms with E-state index in [1.165, 1.54) is 12.4 Å². The van der Waals surface area contributed by atoms with Gasteiger partial charge in [0.25, 0.3) is 5.91 Å². The first-order valence-electron chi connectivity index (χ1n) is 5.49. The van der Waals surface area contributed by atoms with E-state index in [0.29, 0.717) is 5.69 Å². The number of nitrogens with one attached hydrogen (secondary N) is 2. The van der Waals surface area contributed by atoms with Gasteiger partial charge in [-0.05, 0) is 18.2 Å². The zero-order valence-corrected chi connectivity index (χ0v) is 10.1. The van der Waals surface area contributed by atoms with Gasteiger partial charge in [0.15, 0.2) is 0 Å². The molecule has 0 radical (unpaired) electrons. The fraction of sp³-hybridized carbons (Fsp3) is 0.0769. The first-order chi connectivity index (χ1) is 9.10. The third-order valence-electron chi connectivity index (χ3n) is 2.46. The molecular weight excluding hydrogens is 252 g/mol. The van der Waals surface area contributed by atoms with Crippen molar-refractivity contribution >= 4 is 17.3 Å². The predicted octanol–water partition coefficient (Wildman–Crippen LogP) is 2.65. The number of nitrogens with zero attached hydrogens (tertiary/aromatic N) is 1. The lowest BCUT2D eigenvalue weighted by Gasteiger charge is -2.09. The minimum atomic E-state index is -0.754. The van der Waals surface area contributed by atoms with Crippen LogP contribution >= 0.6 is 0 Å². The van der Waals surface area contributed by atoms with E-state index in [-0.39, 0.29) is 11.3 Å². The molecule has 0 fully saturated rings. The normalized spacial score (nSPS) is 10.1. The third kappa shape index (κ3) is 3.04. The summed E-state index contributed by atoms with van der Waals surface area (Å²) in [5.41, 5.74) is 0.910. The highest BCUT2D eigenvalue weighted by atomic mass is 19.1. The van der Waals surface area contributed by atoms with Crippen LogP contribution < -0.4 is 10.6 Å². The molecular formula is C13H11F2N3O. The van der Waals surface area contributed by atoms with Gasteiger partial charge in [0, 0.05) is 36.9 Å². The topological polar surface area (TPSA) is 54.0 Å². The van der Waals surface area contributed by atoms with Gasteiger partial charge in [0.1, 0.15) is 11.6 Å². The number of halogens is 2. The Hall–Kier alpha value is -2.50. The molecule has 2 aromatic rings. The molecule has 2 N–H and O–H groups in total. The van der Waals surface area contributed by atoms with E-state index in [2.05, 4.69) is 15.6 Å². The highest BCUT2D eigenvalue weighted by Gasteiger charge is 2.12. The van der Waals surface area contributed by atoms with Crippen LogP contribution in [0.5, 0.6) is 0 Å². The van der Waals surface area contributed by atoms with Crippen LogP contribution in [0, 0.1) is 11.6 Å². The van der Waals surface area contributed by atoms with E-state index in [1.807, 2.05) is 0 Å². The van der Waals surface area contributed by atoms with Crippen LogP contribution in [0.25, 0.3) is 0 Å². The summed E-state index contributed by atoms with van der Waals surface area (Å²) in [6.07, 6.45) is 2.90. The Kier molecular flexibility index (Phi) is 3.70. The van der Waals surface area contributed by atoms with Crippen molar-refractivity contribution in [2.45, 2.75) is 0 Å². The molecule has 0 saturated heterocycles. The second kappa shape index (κ2) is 5.43. The average molecular weight is 263 g/mol. The lowest BCUT2D eigenvalue weighted by Crippen LogP contribution is -2.14.